The molecule has 0 saturated heterocycles. The van der Waals surface area contributed by atoms with E-state index in [1.165, 1.54) is 38.6 Å². The van der Waals surface area contributed by atoms with Gasteiger partial charge in [0.2, 0.25) is 0 Å². The van der Waals surface area contributed by atoms with E-state index in [2.05, 4.69) is 11.2 Å². The molecule has 1 saturated carbocycles. The fourth-order valence-electron chi connectivity index (χ4n) is 1.12. The molecule has 0 aliphatic heterocycles. The Morgan fingerprint density at radius 2 is 2.09 bits per heavy atom. The molecule has 1 N–H and O–H groups in total. The van der Waals surface area contributed by atoms with Crippen molar-refractivity contribution in [2.24, 2.45) is 0 Å². The van der Waals surface area contributed by atoms with Crippen molar-refractivity contribution >= 4 is 0 Å². The van der Waals surface area contributed by atoms with Gasteiger partial charge in [0, 0.05) is 12.5 Å². The first-order chi connectivity index (χ1) is 5.43. The van der Waals surface area contributed by atoms with E-state index in [4.69, 9.17) is 6.42 Å². The van der Waals surface area contributed by atoms with E-state index in [9.17, 15) is 0 Å². The average Bonchev–Trinajstić information content (AvgIpc) is 2.80. The molecule has 1 aliphatic carbocycles. The van der Waals surface area contributed by atoms with Crippen LogP contribution in [0.25, 0.3) is 0 Å². The molecule has 1 fully saturated rings. The van der Waals surface area contributed by atoms with Gasteiger partial charge in [-0.15, -0.1) is 12.3 Å². The summed E-state index contributed by atoms with van der Waals surface area (Å²) < 4.78 is 0. The number of terminal acetylenes is 1. The predicted octanol–water partition coefficient (Wildman–Crippen LogP) is 1.93. The maximum atomic E-state index is 5.14. The predicted molar refractivity (Wildman–Crippen MR) is 48.3 cm³/mol. The molecule has 11 heavy (non-hydrogen) atoms. The first-order valence-corrected chi connectivity index (χ1v) is 4.60. The van der Waals surface area contributed by atoms with Crippen LogP contribution in [0.4, 0.5) is 0 Å². The maximum Gasteiger partial charge on any atom is 0.00860 e. The van der Waals surface area contributed by atoms with Gasteiger partial charge in [-0.1, -0.05) is 6.42 Å². The van der Waals surface area contributed by atoms with Crippen molar-refractivity contribution in [3.8, 4) is 12.3 Å². The van der Waals surface area contributed by atoms with Gasteiger partial charge in [-0.3, -0.25) is 0 Å². The molecule has 1 aliphatic rings. The van der Waals surface area contributed by atoms with E-state index >= 15 is 0 Å². The van der Waals surface area contributed by atoms with Crippen molar-refractivity contribution in [1.82, 2.24) is 5.32 Å². The van der Waals surface area contributed by atoms with E-state index in [0.29, 0.717) is 0 Å². The van der Waals surface area contributed by atoms with Crippen LogP contribution >= 0.6 is 0 Å². The zero-order valence-electron chi connectivity index (χ0n) is 7.10. The van der Waals surface area contributed by atoms with Crippen LogP contribution in [0.5, 0.6) is 0 Å². The minimum atomic E-state index is 0.864. The highest BCUT2D eigenvalue weighted by Crippen LogP contribution is 2.18. The van der Waals surface area contributed by atoms with Crippen LogP contribution in [-0.2, 0) is 0 Å². The van der Waals surface area contributed by atoms with Gasteiger partial charge in [0.15, 0.2) is 0 Å². The lowest BCUT2D eigenvalue weighted by molar-refractivity contribution is 0.605. The molecule has 0 aromatic heterocycles. The minimum absolute atomic E-state index is 0.864. The van der Waals surface area contributed by atoms with Crippen LogP contribution in [0.1, 0.15) is 38.5 Å². The third-order valence-electron chi connectivity index (χ3n) is 2.01. The molecule has 1 rings (SSSR count). The van der Waals surface area contributed by atoms with E-state index in [1.807, 2.05) is 0 Å². The highest BCUT2D eigenvalue weighted by atomic mass is 14.9. The van der Waals surface area contributed by atoms with Crippen molar-refractivity contribution in [2.75, 3.05) is 6.54 Å². The topological polar surface area (TPSA) is 12.0 Å². The van der Waals surface area contributed by atoms with Gasteiger partial charge in [0.05, 0.1) is 0 Å². The molecule has 0 radical (unpaired) electrons. The van der Waals surface area contributed by atoms with Gasteiger partial charge >= 0.3 is 0 Å². The summed E-state index contributed by atoms with van der Waals surface area (Å²) in [5, 5.41) is 3.48. The lowest BCUT2D eigenvalue weighted by Gasteiger charge is -2.00. The Labute approximate surface area is 69.6 Å². The highest BCUT2D eigenvalue weighted by molar-refractivity contribution is 4.83. The van der Waals surface area contributed by atoms with Crippen LogP contribution in [0.2, 0.25) is 0 Å². The average molecular weight is 151 g/mol. The molecular formula is C10H17N. The van der Waals surface area contributed by atoms with E-state index in [0.717, 1.165) is 12.5 Å². The molecule has 1 nitrogen and oxygen atoms in total. The lowest BCUT2D eigenvalue weighted by Crippen LogP contribution is -2.17. The normalized spacial score (nSPS) is 16.3. The van der Waals surface area contributed by atoms with Crippen molar-refractivity contribution in [3.05, 3.63) is 0 Å². The summed E-state index contributed by atoms with van der Waals surface area (Å²) in [5.41, 5.74) is 0. The smallest absolute Gasteiger partial charge is 0.00860 e. The lowest BCUT2D eigenvalue weighted by atomic mass is 10.2. The summed E-state index contributed by atoms with van der Waals surface area (Å²) in [6, 6.07) is 0.864. The standard InChI is InChI=1S/C10H17N/c1-2-3-4-5-6-9-11-10-7-8-10/h1,10-11H,3-9H2. The molecule has 0 atom stereocenters. The SMILES string of the molecule is C#CCCCCCNC1CC1. The summed E-state index contributed by atoms with van der Waals surface area (Å²) in [6.45, 7) is 1.19. The molecule has 0 bridgehead atoms. The number of nitrogens with one attached hydrogen (secondary N) is 1. The second-order valence-electron chi connectivity index (χ2n) is 3.24. The fourth-order valence-corrected chi connectivity index (χ4v) is 1.12. The Morgan fingerprint density at radius 1 is 1.27 bits per heavy atom. The van der Waals surface area contributed by atoms with Gasteiger partial charge in [-0.05, 0) is 32.2 Å². The van der Waals surface area contributed by atoms with E-state index in [1.54, 1.807) is 0 Å². The summed E-state index contributed by atoms with van der Waals surface area (Å²) in [6.07, 6.45) is 12.6. The summed E-state index contributed by atoms with van der Waals surface area (Å²) in [5.74, 6) is 2.66. The number of hydrogen-bond donors (Lipinski definition) is 1. The number of rotatable bonds is 6. The van der Waals surface area contributed by atoms with Crippen LogP contribution < -0.4 is 5.32 Å². The molecule has 1 heteroatoms. The third kappa shape index (κ3) is 4.86. The second kappa shape index (κ2) is 5.21. The van der Waals surface area contributed by atoms with Crippen LogP contribution in [-0.4, -0.2) is 12.6 Å². The zero-order chi connectivity index (χ0) is 7.94. The van der Waals surface area contributed by atoms with Crippen molar-refractivity contribution in [3.63, 3.8) is 0 Å². The van der Waals surface area contributed by atoms with Crippen molar-refractivity contribution in [1.29, 1.82) is 0 Å². The zero-order valence-corrected chi connectivity index (χ0v) is 7.10. The molecule has 62 valence electrons. The van der Waals surface area contributed by atoms with Crippen LogP contribution in [0, 0.1) is 12.3 Å². The second-order valence-corrected chi connectivity index (χ2v) is 3.24. The number of hydrogen-bond acceptors (Lipinski definition) is 1. The third-order valence-corrected chi connectivity index (χ3v) is 2.01. The summed E-state index contributed by atoms with van der Waals surface area (Å²) in [7, 11) is 0. The monoisotopic (exact) mass is 151 g/mol. The van der Waals surface area contributed by atoms with Gasteiger partial charge in [-0.25, -0.2) is 0 Å². The summed E-state index contributed by atoms with van der Waals surface area (Å²) in [4.78, 5) is 0. The molecule has 0 amide bonds. The highest BCUT2D eigenvalue weighted by Gasteiger charge is 2.19. The summed E-state index contributed by atoms with van der Waals surface area (Å²) >= 11 is 0. The molecule has 0 spiro atoms. The Hall–Kier alpha value is -0.480. The largest absolute Gasteiger partial charge is 0.314 e. The Morgan fingerprint density at radius 3 is 2.73 bits per heavy atom. The van der Waals surface area contributed by atoms with E-state index < -0.39 is 0 Å². The molecular weight excluding hydrogens is 134 g/mol. The first kappa shape index (κ1) is 8.62. The Bertz CT molecular complexity index is 130. The van der Waals surface area contributed by atoms with Gasteiger partial charge in [-0.2, -0.15) is 0 Å². The fraction of sp³-hybridized carbons (Fsp3) is 0.800. The first-order valence-electron chi connectivity index (χ1n) is 4.60. The van der Waals surface area contributed by atoms with Crippen molar-refractivity contribution < 1.29 is 0 Å². The quantitative estimate of drug-likeness (QED) is 0.452. The molecule has 0 aromatic rings. The van der Waals surface area contributed by atoms with Crippen molar-refractivity contribution in [2.45, 2.75) is 44.6 Å². The number of unbranched alkanes of at least 4 members (excludes halogenated alkanes) is 3. The minimum Gasteiger partial charge on any atom is -0.314 e. The molecule has 0 unspecified atom stereocenters. The van der Waals surface area contributed by atoms with Gasteiger partial charge in [0.1, 0.15) is 0 Å². The molecule has 0 aromatic carbocycles. The molecule has 0 heterocycles. The van der Waals surface area contributed by atoms with E-state index in [-0.39, 0.29) is 0 Å². The Kier molecular flexibility index (Phi) is 4.08. The van der Waals surface area contributed by atoms with Gasteiger partial charge in [0.25, 0.3) is 0 Å². The Balaban J connectivity index is 1.70. The van der Waals surface area contributed by atoms with Crippen LogP contribution in [0.3, 0.4) is 0 Å². The van der Waals surface area contributed by atoms with Crippen LogP contribution in [0.15, 0.2) is 0 Å². The maximum absolute atomic E-state index is 5.14. The van der Waals surface area contributed by atoms with Gasteiger partial charge < -0.3 is 5.32 Å².